The van der Waals surface area contributed by atoms with Gasteiger partial charge in [-0.1, -0.05) is 0 Å². The predicted molar refractivity (Wildman–Crippen MR) is 80.3 cm³/mol. The zero-order valence-electron chi connectivity index (χ0n) is 12.9. The number of benzene rings is 1. The third-order valence-corrected chi connectivity index (χ3v) is 3.21. The van der Waals surface area contributed by atoms with E-state index in [0.29, 0.717) is 11.4 Å². The molecule has 1 heterocycles. The minimum absolute atomic E-state index is 0.0377. The largest absolute Gasteiger partial charge is 0.497 e. The monoisotopic (exact) mass is 322 g/mol. The number of ether oxygens (including phenoxy) is 3. The molecular weight excluding hydrogens is 304 g/mol. The Hall–Kier alpha value is -2.77. The van der Waals surface area contributed by atoms with Crippen LogP contribution in [-0.2, 0) is 19.1 Å². The molecule has 1 aliphatic heterocycles. The van der Waals surface area contributed by atoms with Crippen molar-refractivity contribution in [3.05, 3.63) is 24.3 Å². The average molecular weight is 322 g/mol. The number of hydrogen-bond donors (Lipinski definition) is 1. The zero-order valence-corrected chi connectivity index (χ0v) is 12.9. The van der Waals surface area contributed by atoms with Crippen LogP contribution in [0.3, 0.4) is 0 Å². The molecular formula is C15H18N2O6. The number of carbonyl (C=O) groups is 3. The van der Waals surface area contributed by atoms with Crippen molar-refractivity contribution in [2.45, 2.75) is 13.0 Å². The number of carbonyl (C=O) groups excluding carboxylic acids is 3. The van der Waals surface area contributed by atoms with E-state index in [0.717, 1.165) is 0 Å². The molecule has 1 N–H and O–H groups in total. The van der Waals surface area contributed by atoms with Crippen molar-refractivity contribution in [1.82, 2.24) is 5.32 Å². The van der Waals surface area contributed by atoms with E-state index < -0.39 is 24.1 Å². The number of rotatable bonds is 5. The molecule has 1 saturated heterocycles. The Morgan fingerprint density at radius 1 is 1.35 bits per heavy atom. The van der Waals surface area contributed by atoms with Gasteiger partial charge in [-0.15, -0.1) is 0 Å². The van der Waals surface area contributed by atoms with Crippen LogP contribution < -0.4 is 15.0 Å². The molecule has 0 saturated carbocycles. The number of hydrogen-bond acceptors (Lipinski definition) is 6. The summed E-state index contributed by atoms with van der Waals surface area (Å²) < 4.78 is 14.8. The summed E-state index contributed by atoms with van der Waals surface area (Å²) in [6, 6.07) is 6.94. The molecule has 0 bridgehead atoms. The lowest BCUT2D eigenvalue weighted by Crippen LogP contribution is -2.39. The maximum atomic E-state index is 11.9. The third-order valence-electron chi connectivity index (χ3n) is 3.21. The number of amides is 2. The Morgan fingerprint density at radius 3 is 2.65 bits per heavy atom. The van der Waals surface area contributed by atoms with E-state index in [-0.39, 0.29) is 19.7 Å². The summed E-state index contributed by atoms with van der Waals surface area (Å²) in [7, 11) is 1.56. The Morgan fingerprint density at radius 2 is 2.04 bits per heavy atom. The van der Waals surface area contributed by atoms with Crippen molar-refractivity contribution in [3.63, 3.8) is 0 Å². The second-order valence-corrected chi connectivity index (χ2v) is 4.74. The smallest absolute Gasteiger partial charge is 0.414 e. The quantitative estimate of drug-likeness (QED) is 0.633. The SMILES string of the molecule is CCOC(=O)C(=O)NCC1CN(c2ccc(OC)cc2)C(=O)O1. The first-order valence-corrected chi connectivity index (χ1v) is 7.12. The number of nitrogens with one attached hydrogen (secondary N) is 1. The van der Waals surface area contributed by atoms with Crippen LogP contribution in [0.1, 0.15) is 6.92 Å². The number of anilines is 1. The summed E-state index contributed by atoms with van der Waals surface area (Å²) in [5, 5.41) is 2.38. The summed E-state index contributed by atoms with van der Waals surface area (Å²) in [5.74, 6) is -1.13. The molecule has 1 aromatic carbocycles. The van der Waals surface area contributed by atoms with Crippen LogP contribution in [0.5, 0.6) is 5.75 Å². The first kappa shape index (κ1) is 16.6. The molecule has 1 aromatic rings. The second kappa shape index (κ2) is 7.48. The molecule has 8 heteroatoms. The van der Waals surface area contributed by atoms with Gasteiger partial charge in [0.25, 0.3) is 0 Å². The molecule has 8 nitrogen and oxygen atoms in total. The van der Waals surface area contributed by atoms with E-state index in [2.05, 4.69) is 10.1 Å². The van der Waals surface area contributed by atoms with Crippen LogP contribution >= 0.6 is 0 Å². The van der Waals surface area contributed by atoms with Crippen LogP contribution in [0.2, 0.25) is 0 Å². The van der Waals surface area contributed by atoms with E-state index in [1.807, 2.05) is 0 Å². The van der Waals surface area contributed by atoms with Gasteiger partial charge in [-0.25, -0.2) is 9.59 Å². The van der Waals surface area contributed by atoms with Crippen molar-refractivity contribution in [3.8, 4) is 5.75 Å². The molecule has 1 atom stereocenters. The summed E-state index contributed by atoms with van der Waals surface area (Å²) in [6.45, 7) is 2.04. The summed E-state index contributed by atoms with van der Waals surface area (Å²) >= 11 is 0. The maximum Gasteiger partial charge on any atom is 0.414 e. The average Bonchev–Trinajstić information content (AvgIpc) is 2.93. The third kappa shape index (κ3) is 4.12. The fourth-order valence-electron chi connectivity index (χ4n) is 2.08. The molecule has 0 aliphatic carbocycles. The van der Waals surface area contributed by atoms with Crippen molar-refractivity contribution in [1.29, 1.82) is 0 Å². The Labute approximate surface area is 133 Å². The summed E-state index contributed by atoms with van der Waals surface area (Å²) in [6.07, 6.45) is -1.05. The molecule has 1 fully saturated rings. The highest BCUT2D eigenvalue weighted by Crippen LogP contribution is 2.23. The number of nitrogens with zero attached hydrogens (tertiary/aromatic N) is 1. The van der Waals surface area contributed by atoms with Gasteiger partial charge in [0.2, 0.25) is 0 Å². The molecule has 0 radical (unpaired) electrons. The predicted octanol–water partition coefficient (Wildman–Crippen LogP) is 0.700. The Bertz CT molecular complexity index is 586. The highest BCUT2D eigenvalue weighted by Gasteiger charge is 2.33. The lowest BCUT2D eigenvalue weighted by atomic mass is 10.2. The van der Waals surface area contributed by atoms with Crippen LogP contribution in [0, 0.1) is 0 Å². The molecule has 124 valence electrons. The molecule has 0 spiro atoms. The minimum Gasteiger partial charge on any atom is -0.497 e. The van der Waals surface area contributed by atoms with Crippen molar-refractivity contribution < 1.29 is 28.6 Å². The number of esters is 1. The molecule has 1 unspecified atom stereocenters. The van der Waals surface area contributed by atoms with Gasteiger partial charge < -0.3 is 19.5 Å². The number of methoxy groups -OCH3 is 1. The molecule has 23 heavy (non-hydrogen) atoms. The van der Waals surface area contributed by atoms with Gasteiger partial charge in [0.1, 0.15) is 11.9 Å². The molecule has 0 aromatic heterocycles. The first-order valence-electron chi connectivity index (χ1n) is 7.12. The summed E-state index contributed by atoms with van der Waals surface area (Å²) in [5.41, 5.74) is 0.662. The summed E-state index contributed by atoms with van der Waals surface area (Å²) in [4.78, 5) is 36.0. The van der Waals surface area contributed by atoms with Gasteiger partial charge in [-0.3, -0.25) is 9.69 Å². The highest BCUT2D eigenvalue weighted by atomic mass is 16.6. The van der Waals surface area contributed by atoms with Crippen LogP contribution in [-0.4, -0.2) is 50.9 Å². The van der Waals surface area contributed by atoms with E-state index in [9.17, 15) is 14.4 Å². The fourth-order valence-corrected chi connectivity index (χ4v) is 2.08. The van der Waals surface area contributed by atoms with Crippen molar-refractivity contribution >= 4 is 23.7 Å². The maximum absolute atomic E-state index is 11.9. The molecule has 2 amide bonds. The Kier molecular flexibility index (Phi) is 5.40. The van der Waals surface area contributed by atoms with Gasteiger partial charge in [-0.2, -0.15) is 0 Å². The van der Waals surface area contributed by atoms with E-state index in [1.165, 1.54) is 4.90 Å². The first-order chi connectivity index (χ1) is 11.0. The van der Waals surface area contributed by atoms with Crippen LogP contribution in [0.25, 0.3) is 0 Å². The van der Waals surface area contributed by atoms with E-state index >= 15 is 0 Å². The van der Waals surface area contributed by atoms with Crippen LogP contribution in [0.4, 0.5) is 10.5 Å². The van der Waals surface area contributed by atoms with Gasteiger partial charge >= 0.3 is 18.0 Å². The Balaban J connectivity index is 1.89. The van der Waals surface area contributed by atoms with Crippen molar-refractivity contribution in [2.75, 3.05) is 31.7 Å². The highest BCUT2D eigenvalue weighted by molar-refractivity contribution is 6.32. The molecule has 2 rings (SSSR count). The lowest BCUT2D eigenvalue weighted by molar-refractivity contribution is -0.154. The van der Waals surface area contributed by atoms with Gasteiger partial charge in [0, 0.05) is 5.69 Å². The standard InChI is InChI=1S/C15H18N2O6/c1-3-22-14(19)13(18)16-8-12-9-17(15(20)23-12)10-4-6-11(21-2)7-5-10/h4-7,12H,3,8-9H2,1-2H3,(H,16,18). The van der Waals surface area contributed by atoms with E-state index in [1.54, 1.807) is 38.3 Å². The zero-order chi connectivity index (χ0) is 16.8. The number of cyclic esters (lactones) is 1. The fraction of sp³-hybridized carbons (Fsp3) is 0.400. The van der Waals surface area contributed by atoms with Gasteiger partial charge in [0.15, 0.2) is 0 Å². The lowest BCUT2D eigenvalue weighted by Gasteiger charge is -2.13. The minimum atomic E-state index is -0.955. The van der Waals surface area contributed by atoms with Gasteiger partial charge in [-0.05, 0) is 31.2 Å². The second-order valence-electron chi connectivity index (χ2n) is 4.74. The normalized spacial score (nSPS) is 16.7. The topological polar surface area (TPSA) is 94.2 Å². The van der Waals surface area contributed by atoms with Crippen LogP contribution in [0.15, 0.2) is 24.3 Å². The van der Waals surface area contributed by atoms with Crippen molar-refractivity contribution in [2.24, 2.45) is 0 Å². The van der Waals surface area contributed by atoms with Gasteiger partial charge in [0.05, 0.1) is 26.8 Å². The molecule has 1 aliphatic rings. The van der Waals surface area contributed by atoms with E-state index in [4.69, 9.17) is 9.47 Å².